The van der Waals surface area contributed by atoms with Crippen molar-refractivity contribution in [2.75, 3.05) is 26.4 Å². The van der Waals surface area contributed by atoms with Crippen LogP contribution in [0.15, 0.2) is 30.3 Å². The second kappa shape index (κ2) is 8.87. The van der Waals surface area contributed by atoms with Gasteiger partial charge in [-0.3, -0.25) is 4.84 Å². The molecule has 0 aromatic heterocycles. The number of hydrogen-bond acceptors (Lipinski definition) is 5. The van der Waals surface area contributed by atoms with E-state index in [0.29, 0.717) is 19.8 Å². The molecule has 0 radical (unpaired) electrons. The minimum absolute atomic E-state index is 0.0717. The molecule has 1 N–H and O–H groups in total. The summed E-state index contributed by atoms with van der Waals surface area (Å²) < 4.78 is 13.0. The summed E-state index contributed by atoms with van der Waals surface area (Å²) in [5.74, 6) is -0.529. The quantitative estimate of drug-likeness (QED) is 0.701. The van der Waals surface area contributed by atoms with Gasteiger partial charge in [-0.05, 0) is 38.7 Å². The summed E-state index contributed by atoms with van der Waals surface area (Å²) in [4.78, 5) is 6.55. The van der Waals surface area contributed by atoms with E-state index in [2.05, 4.69) is 63.9 Å². The fourth-order valence-electron chi connectivity index (χ4n) is 5.06. The minimum Gasteiger partial charge on any atom is -0.396 e. The summed E-state index contributed by atoms with van der Waals surface area (Å²) in [5, 5.41) is 12.0. The van der Waals surface area contributed by atoms with E-state index < -0.39 is 5.79 Å². The van der Waals surface area contributed by atoms with Gasteiger partial charge in [-0.2, -0.15) is 5.06 Å². The SMILES string of the molecule is CCC1(C)CC2(OCC(C)(CO)CO2)C(C)C(C)(CC)N1OCCc1ccccc1. The predicted octanol–water partition coefficient (Wildman–Crippen LogP) is 4.58. The molecule has 3 atom stereocenters. The Morgan fingerprint density at radius 3 is 2.23 bits per heavy atom. The van der Waals surface area contributed by atoms with Crippen molar-refractivity contribution in [2.45, 2.75) is 84.1 Å². The van der Waals surface area contributed by atoms with E-state index in [1.165, 1.54) is 5.56 Å². The van der Waals surface area contributed by atoms with Crippen LogP contribution in [0.5, 0.6) is 0 Å². The van der Waals surface area contributed by atoms with E-state index in [9.17, 15) is 5.11 Å². The first-order chi connectivity index (χ1) is 14.2. The lowest BCUT2D eigenvalue weighted by atomic mass is 9.67. The second-order valence-electron chi connectivity index (χ2n) is 10.2. The van der Waals surface area contributed by atoms with Crippen LogP contribution in [0.1, 0.15) is 66.4 Å². The normalized spacial score (nSPS) is 40.0. The van der Waals surface area contributed by atoms with E-state index in [0.717, 1.165) is 25.7 Å². The van der Waals surface area contributed by atoms with E-state index in [4.69, 9.17) is 14.3 Å². The Balaban J connectivity index is 1.82. The highest BCUT2D eigenvalue weighted by molar-refractivity contribution is 5.15. The van der Waals surface area contributed by atoms with Gasteiger partial charge in [0.1, 0.15) is 0 Å². The Hall–Kier alpha value is -0.980. The van der Waals surface area contributed by atoms with Gasteiger partial charge in [0.05, 0.1) is 32.0 Å². The third-order valence-electron chi connectivity index (χ3n) is 7.82. The molecule has 3 rings (SSSR count). The maximum Gasteiger partial charge on any atom is 0.174 e. The molecule has 3 unspecified atom stereocenters. The maximum absolute atomic E-state index is 9.75. The summed E-state index contributed by atoms with van der Waals surface area (Å²) in [5.41, 5.74) is 0.519. The Bertz CT molecular complexity index is 688. The summed E-state index contributed by atoms with van der Waals surface area (Å²) in [6.45, 7) is 15.0. The molecular formula is C25H41NO4. The van der Waals surface area contributed by atoms with Crippen LogP contribution >= 0.6 is 0 Å². The Morgan fingerprint density at radius 1 is 1.07 bits per heavy atom. The van der Waals surface area contributed by atoms with Crippen molar-refractivity contribution >= 4 is 0 Å². The van der Waals surface area contributed by atoms with Crippen LogP contribution in [0.3, 0.4) is 0 Å². The predicted molar refractivity (Wildman–Crippen MR) is 119 cm³/mol. The van der Waals surface area contributed by atoms with E-state index in [1.807, 2.05) is 13.0 Å². The fraction of sp³-hybridized carbons (Fsp3) is 0.760. The molecule has 1 aromatic carbocycles. The minimum atomic E-state index is -0.649. The van der Waals surface area contributed by atoms with Gasteiger partial charge in [-0.15, -0.1) is 0 Å². The van der Waals surface area contributed by atoms with Gasteiger partial charge in [0.15, 0.2) is 5.79 Å². The highest BCUT2D eigenvalue weighted by Gasteiger charge is 2.63. The first-order valence-corrected chi connectivity index (χ1v) is 11.5. The van der Waals surface area contributed by atoms with Gasteiger partial charge in [0.25, 0.3) is 0 Å². The molecule has 2 saturated heterocycles. The Labute approximate surface area is 182 Å². The third kappa shape index (κ3) is 4.20. The van der Waals surface area contributed by atoms with Crippen molar-refractivity contribution in [1.82, 2.24) is 5.06 Å². The van der Waals surface area contributed by atoms with Crippen molar-refractivity contribution in [1.29, 1.82) is 0 Å². The van der Waals surface area contributed by atoms with Crippen molar-refractivity contribution in [2.24, 2.45) is 11.3 Å². The average Bonchev–Trinajstić information content (AvgIpc) is 2.77. The van der Waals surface area contributed by atoms with Crippen LogP contribution in [-0.2, 0) is 20.7 Å². The lowest BCUT2D eigenvalue weighted by molar-refractivity contribution is -0.410. The highest BCUT2D eigenvalue weighted by Crippen LogP contribution is 2.54. The molecular weight excluding hydrogens is 378 g/mol. The van der Waals surface area contributed by atoms with Crippen molar-refractivity contribution in [3.8, 4) is 0 Å². The molecule has 1 aromatic rings. The molecule has 2 aliphatic heterocycles. The number of hydrogen-bond donors (Lipinski definition) is 1. The molecule has 2 heterocycles. The zero-order valence-corrected chi connectivity index (χ0v) is 19.7. The Morgan fingerprint density at radius 2 is 1.70 bits per heavy atom. The average molecular weight is 420 g/mol. The van der Waals surface area contributed by atoms with E-state index >= 15 is 0 Å². The van der Waals surface area contributed by atoms with Crippen molar-refractivity contribution < 1.29 is 19.4 Å². The summed E-state index contributed by atoms with van der Waals surface area (Å²) in [7, 11) is 0. The summed E-state index contributed by atoms with van der Waals surface area (Å²) in [6, 6.07) is 10.5. The number of aliphatic hydroxyl groups is 1. The van der Waals surface area contributed by atoms with Crippen LogP contribution in [-0.4, -0.2) is 53.5 Å². The van der Waals surface area contributed by atoms with E-state index in [1.54, 1.807) is 0 Å². The third-order valence-corrected chi connectivity index (χ3v) is 7.82. The zero-order valence-electron chi connectivity index (χ0n) is 19.7. The number of rotatable bonds is 7. The molecule has 30 heavy (non-hydrogen) atoms. The largest absolute Gasteiger partial charge is 0.396 e. The molecule has 170 valence electrons. The van der Waals surface area contributed by atoms with Crippen molar-refractivity contribution in [3.05, 3.63) is 35.9 Å². The topological polar surface area (TPSA) is 51.2 Å². The number of piperidine rings is 1. The molecule has 5 nitrogen and oxygen atoms in total. The first kappa shape index (κ1) is 23.7. The van der Waals surface area contributed by atoms with Crippen LogP contribution in [0.25, 0.3) is 0 Å². The molecule has 0 bridgehead atoms. The molecule has 2 aliphatic rings. The summed E-state index contributed by atoms with van der Waals surface area (Å²) >= 11 is 0. The number of nitrogens with zero attached hydrogens (tertiary/aromatic N) is 1. The molecule has 5 heteroatoms. The highest BCUT2D eigenvalue weighted by atomic mass is 16.7. The van der Waals surface area contributed by atoms with E-state index in [-0.39, 0.29) is 29.0 Å². The first-order valence-electron chi connectivity index (χ1n) is 11.5. The number of benzene rings is 1. The Kier molecular flexibility index (Phi) is 7.00. The smallest absolute Gasteiger partial charge is 0.174 e. The van der Waals surface area contributed by atoms with Gasteiger partial charge >= 0.3 is 0 Å². The van der Waals surface area contributed by atoms with Crippen LogP contribution < -0.4 is 0 Å². The number of aliphatic hydroxyl groups excluding tert-OH is 1. The standard InChI is InChI=1S/C25H41NO4/c1-7-23(5)16-25(28-18-22(4,17-27)19-29-25)20(3)24(6,8-2)26(23)30-15-14-21-12-10-9-11-13-21/h9-13,20,27H,7-8,14-19H2,1-6H3. The van der Waals surface area contributed by atoms with Crippen LogP contribution in [0.2, 0.25) is 0 Å². The zero-order chi connectivity index (χ0) is 22.0. The van der Waals surface area contributed by atoms with Crippen molar-refractivity contribution in [3.63, 3.8) is 0 Å². The monoisotopic (exact) mass is 419 g/mol. The van der Waals surface area contributed by atoms with Gasteiger partial charge in [-0.1, -0.05) is 58.0 Å². The fourth-order valence-corrected chi connectivity index (χ4v) is 5.06. The van der Waals surface area contributed by atoms with Gasteiger partial charge in [0.2, 0.25) is 0 Å². The molecule has 0 saturated carbocycles. The lowest BCUT2D eigenvalue weighted by Gasteiger charge is -2.64. The van der Waals surface area contributed by atoms with Gasteiger partial charge in [-0.25, -0.2) is 0 Å². The summed E-state index contributed by atoms with van der Waals surface area (Å²) in [6.07, 6.45) is 3.51. The number of hydroxylamine groups is 2. The molecule has 1 spiro atoms. The van der Waals surface area contributed by atoms with Gasteiger partial charge in [0, 0.05) is 23.3 Å². The van der Waals surface area contributed by atoms with Crippen LogP contribution in [0, 0.1) is 11.3 Å². The number of ether oxygens (including phenoxy) is 2. The maximum atomic E-state index is 9.75. The van der Waals surface area contributed by atoms with Crippen LogP contribution in [0.4, 0.5) is 0 Å². The van der Waals surface area contributed by atoms with Gasteiger partial charge < -0.3 is 14.6 Å². The lowest BCUT2D eigenvalue weighted by Crippen LogP contribution is -2.73. The second-order valence-corrected chi connectivity index (χ2v) is 10.2. The molecule has 0 amide bonds. The molecule has 2 fully saturated rings. The molecule has 0 aliphatic carbocycles.